The Bertz CT molecular complexity index is 3300. The molecule has 0 atom stereocenters. The quantitative estimate of drug-likeness (QED) is 0.161. The van der Waals surface area contributed by atoms with E-state index in [4.69, 9.17) is 4.42 Å². The molecule has 59 heavy (non-hydrogen) atoms. The molecule has 0 bridgehead atoms. The van der Waals surface area contributed by atoms with Crippen molar-refractivity contribution in [2.75, 3.05) is 4.90 Å². The summed E-state index contributed by atoms with van der Waals surface area (Å²) >= 11 is 0. The largest absolute Gasteiger partial charge is 0.455 e. The Kier molecular flexibility index (Phi) is 8.27. The zero-order chi connectivity index (χ0) is 39.5. The molecular formula is C56H40N2O. The van der Waals surface area contributed by atoms with Gasteiger partial charge in [-0.3, -0.25) is 0 Å². The normalized spacial score (nSPS) is 11.6. The van der Waals surface area contributed by atoms with Gasteiger partial charge in [0.25, 0.3) is 0 Å². The summed E-state index contributed by atoms with van der Waals surface area (Å²) in [6.07, 6.45) is 0. The summed E-state index contributed by atoms with van der Waals surface area (Å²) in [7, 11) is 0. The maximum absolute atomic E-state index is 6.96. The topological polar surface area (TPSA) is 21.3 Å². The predicted molar refractivity (Wildman–Crippen MR) is 249 cm³/mol. The van der Waals surface area contributed by atoms with Gasteiger partial charge < -0.3 is 13.9 Å². The predicted octanol–water partition coefficient (Wildman–Crippen LogP) is 15.8. The van der Waals surface area contributed by atoms with E-state index in [1.807, 2.05) is 0 Å². The second-order valence-corrected chi connectivity index (χ2v) is 15.4. The van der Waals surface area contributed by atoms with E-state index >= 15 is 0 Å². The molecule has 0 aliphatic rings. The Balaban J connectivity index is 1.16. The van der Waals surface area contributed by atoms with Crippen LogP contribution in [0.2, 0.25) is 0 Å². The molecule has 0 aliphatic carbocycles. The van der Waals surface area contributed by atoms with Gasteiger partial charge in [-0.15, -0.1) is 0 Å². The maximum atomic E-state index is 6.96. The number of anilines is 3. The minimum absolute atomic E-state index is 0.861. The average molecular weight is 757 g/mol. The lowest BCUT2D eigenvalue weighted by Crippen LogP contribution is -2.12. The van der Waals surface area contributed by atoms with Crippen LogP contribution in [-0.4, -0.2) is 4.57 Å². The van der Waals surface area contributed by atoms with Gasteiger partial charge in [0.1, 0.15) is 11.2 Å². The summed E-state index contributed by atoms with van der Waals surface area (Å²) in [5.74, 6) is 0. The second kappa shape index (κ2) is 14.1. The smallest absolute Gasteiger partial charge is 0.145 e. The number of rotatable bonds is 7. The van der Waals surface area contributed by atoms with Crippen LogP contribution in [0.4, 0.5) is 17.1 Å². The van der Waals surface area contributed by atoms with Crippen molar-refractivity contribution in [3.63, 3.8) is 0 Å². The molecular weight excluding hydrogens is 717 g/mol. The van der Waals surface area contributed by atoms with E-state index in [1.165, 1.54) is 55.2 Å². The van der Waals surface area contributed by atoms with E-state index in [0.717, 1.165) is 55.8 Å². The van der Waals surface area contributed by atoms with Crippen molar-refractivity contribution in [2.24, 2.45) is 0 Å². The second-order valence-electron chi connectivity index (χ2n) is 15.4. The molecule has 2 heterocycles. The maximum Gasteiger partial charge on any atom is 0.145 e. The Hall–Kier alpha value is -7.62. The highest BCUT2D eigenvalue weighted by atomic mass is 16.3. The minimum Gasteiger partial charge on any atom is -0.455 e. The Morgan fingerprint density at radius 3 is 1.71 bits per heavy atom. The van der Waals surface area contributed by atoms with Gasteiger partial charge in [-0.05, 0) is 120 Å². The average Bonchev–Trinajstić information content (AvgIpc) is 3.84. The van der Waals surface area contributed by atoms with E-state index < -0.39 is 0 Å². The zero-order valence-electron chi connectivity index (χ0n) is 32.9. The number of aromatic nitrogens is 1. The standard InChI is InChI=1S/C56H40N2O/c1-37-17-15-23-42(33-37)58(53-36-49(40-20-7-4-8-21-40)48(34-38(53)2)39-18-5-3-6-19-39)52-32-31-44(56-55(52)47-27-11-14-30-54(47)59-56)41-22-16-24-43(35-41)57-50-28-12-9-25-45(50)46-26-10-13-29-51(46)57/h3-36H,1-2H3. The monoisotopic (exact) mass is 756 g/mol. The third kappa shape index (κ3) is 5.82. The zero-order valence-corrected chi connectivity index (χ0v) is 32.9. The lowest BCUT2D eigenvalue weighted by atomic mass is 9.91. The SMILES string of the molecule is Cc1cccc(N(c2cc(-c3ccccc3)c(-c3ccccc3)cc2C)c2ccc(-c3cccc(-n4c5ccccc5c5ccccc54)c3)c3oc4ccccc4c23)c1. The first-order valence-electron chi connectivity index (χ1n) is 20.3. The summed E-state index contributed by atoms with van der Waals surface area (Å²) in [4.78, 5) is 2.44. The molecule has 3 heteroatoms. The molecule has 0 fully saturated rings. The van der Waals surface area contributed by atoms with Crippen LogP contribution in [-0.2, 0) is 0 Å². The molecule has 280 valence electrons. The van der Waals surface area contributed by atoms with Crippen LogP contribution in [0.3, 0.4) is 0 Å². The molecule has 0 N–H and O–H groups in total. The first-order chi connectivity index (χ1) is 29.1. The lowest BCUT2D eigenvalue weighted by molar-refractivity contribution is 0.670. The summed E-state index contributed by atoms with van der Waals surface area (Å²) < 4.78 is 9.34. The van der Waals surface area contributed by atoms with Crippen LogP contribution in [0.1, 0.15) is 11.1 Å². The van der Waals surface area contributed by atoms with E-state index in [9.17, 15) is 0 Å². The van der Waals surface area contributed by atoms with Crippen molar-refractivity contribution >= 4 is 60.8 Å². The molecule has 2 aromatic heterocycles. The van der Waals surface area contributed by atoms with E-state index in [1.54, 1.807) is 0 Å². The number of para-hydroxylation sites is 3. The number of benzene rings is 9. The minimum atomic E-state index is 0.861. The van der Waals surface area contributed by atoms with Crippen molar-refractivity contribution in [2.45, 2.75) is 13.8 Å². The number of nitrogens with zero attached hydrogens (tertiary/aromatic N) is 2. The Morgan fingerprint density at radius 2 is 1.02 bits per heavy atom. The molecule has 9 aromatic carbocycles. The molecule has 0 aliphatic heterocycles. The summed E-state index contributed by atoms with van der Waals surface area (Å²) in [5.41, 5.74) is 17.7. The fourth-order valence-electron chi connectivity index (χ4n) is 9.06. The molecule has 0 saturated carbocycles. The molecule has 0 spiro atoms. The molecule has 0 unspecified atom stereocenters. The Labute approximate surface area is 343 Å². The first-order valence-corrected chi connectivity index (χ1v) is 20.3. The van der Waals surface area contributed by atoms with Crippen molar-refractivity contribution in [1.29, 1.82) is 0 Å². The summed E-state index contributed by atoms with van der Waals surface area (Å²) in [5, 5.41) is 4.65. The van der Waals surface area contributed by atoms with Gasteiger partial charge in [-0.25, -0.2) is 0 Å². The van der Waals surface area contributed by atoms with Gasteiger partial charge >= 0.3 is 0 Å². The fourth-order valence-corrected chi connectivity index (χ4v) is 9.06. The van der Waals surface area contributed by atoms with Crippen molar-refractivity contribution in [3.05, 3.63) is 217 Å². The molecule has 3 nitrogen and oxygen atoms in total. The first kappa shape index (κ1) is 34.6. The van der Waals surface area contributed by atoms with Crippen molar-refractivity contribution in [3.8, 4) is 39.1 Å². The lowest BCUT2D eigenvalue weighted by Gasteiger charge is -2.30. The molecule has 11 aromatic rings. The fraction of sp³-hybridized carbons (Fsp3) is 0.0357. The van der Waals surface area contributed by atoms with Crippen molar-refractivity contribution < 1.29 is 4.42 Å². The van der Waals surface area contributed by atoms with Crippen LogP contribution in [0.5, 0.6) is 0 Å². The highest BCUT2D eigenvalue weighted by molar-refractivity contribution is 6.17. The van der Waals surface area contributed by atoms with Gasteiger partial charge in [0.2, 0.25) is 0 Å². The highest BCUT2D eigenvalue weighted by Gasteiger charge is 2.25. The number of furan rings is 1. The van der Waals surface area contributed by atoms with Gasteiger partial charge in [0.15, 0.2) is 0 Å². The van der Waals surface area contributed by atoms with Crippen LogP contribution in [0.25, 0.3) is 82.8 Å². The highest BCUT2D eigenvalue weighted by Crippen LogP contribution is 2.49. The third-order valence-corrected chi connectivity index (χ3v) is 11.7. The van der Waals surface area contributed by atoms with Crippen LogP contribution in [0.15, 0.2) is 211 Å². The van der Waals surface area contributed by atoms with E-state index in [0.29, 0.717) is 0 Å². The van der Waals surface area contributed by atoms with E-state index in [-0.39, 0.29) is 0 Å². The summed E-state index contributed by atoms with van der Waals surface area (Å²) in [6.45, 7) is 4.40. The Morgan fingerprint density at radius 1 is 0.424 bits per heavy atom. The number of hydrogen-bond donors (Lipinski definition) is 0. The molecule has 11 rings (SSSR count). The third-order valence-electron chi connectivity index (χ3n) is 11.7. The van der Waals surface area contributed by atoms with Gasteiger partial charge in [0.05, 0.1) is 22.1 Å². The van der Waals surface area contributed by atoms with Gasteiger partial charge in [-0.2, -0.15) is 0 Å². The van der Waals surface area contributed by atoms with Crippen LogP contribution in [0, 0.1) is 13.8 Å². The molecule has 0 radical (unpaired) electrons. The number of fused-ring (bicyclic) bond motifs is 6. The van der Waals surface area contributed by atoms with Crippen LogP contribution >= 0.6 is 0 Å². The molecule has 0 amide bonds. The van der Waals surface area contributed by atoms with Crippen LogP contribution < -0.4 is 4.90 Å². The number of hydrogen-bond acceptors (Lipinski definition) is 2. The summed E-state index contributed by atoms with van der Waals surface area (Å²) in [6, 6.07) is 74.3. The van der Waals surface area contributed by atoms with E-state index in [2.05, 4.69) is 230 Å². The van der Waals surface area contributed by atoms with Crippen molar-refractivity contribution in [1.82, 2.24) is 4.57 Å². The van der Waals surface area contributed by atoms with Gasteiger partial charge in [0, 0.05) is 38.8 Å². The number of aryl methyl sites for hydroxylation is 2. The molecule has 0 saturated heterocycles. The van der Waals surface area contributed by atoms with Gasteiger partial charge in [-0.1, -0.05) is 140 Å².